The number of aromatic nitrogens is 2. The minimum Gasteiger partial charge on any atom is -0.383 e. The Morgan fingerprint density at radius 2 is 1.95 bits per heavy atom. The lowest BCUT2D eigenvalue weighted by molar-refractivity contribution is 0.348. The van der Waals surface area contributed by atoms with Gasteiger partial charge < -0.3 is 5.73 Å². The Hall–Kier alpha value is -1.77. The molecule has 1 aromatic heterocycles. The minimum absolute atomic E-state index is 0.712. The van der Waals surface area contributed by atoms with Gasteiger partial charge in [0, 0.05) is 12.6 Å². The molecule has 3 nitrogen and oxygen atoms in total. The van der Waals surface area contributed by atoms with Crippen LogP contribution < -0.4 is 5.73 Å². The Balaban J connectivity index is 1.88. The molecule has 0 bridgehead atoms. The molecule has 0 aliphatic heterocycles. The quantitative estimate of drug-likeness (QED) is 0.896. The third kappa shape index (κ3) is 2.45. The number of hydrogen-bond donors (Lipinski definition) is 1. The zero-order chi connectivity index (χ0) is 14.1. The molecule has 0 radical (unpaired) electrons. The van der Waals surface area contributed by atoms with Crippen LogP contribution in [-0.2, 0) is 7.05 Å². The lowest BCUT2D eigenvalue weighted by atomic mass is 9.79. The Morgan fingerprint density at radius 1 is 1.20 bits per heavy atom. The van der Waals surface area contributed by atoms with Crippen molar-refractivity contribution in [3.05, 3.63) is 36.0 Å². The fourth-order valence-corrected chi connectivity index (χ4v) is 3.22. The van der Waals surface area contributed by atoms with E-state index in [1.54, 1.807) is 4.68 Å². The van der Waals surface area contributed by atoms with Crippen LogP contribution in [0.1, 0.15) is 44.1 Å². The molecule has 20 heavy (non-hydrogen) atoms. The van der Waals surface area contributed by atoms with E-state index in [1.807, 2.05) is 13.2 Å². The summed E-state index contributed by atoms with van der Waals surface area (Å²) < 4.78 is 1.73. The van der Waals surface area contributed by atoms with E-state index in [0.29, 0.717) is 5.92 Å². The second kappa shape index (κ2) is 5.31. The second-order valence-electron chi connectivity index (χ2n) is 6.15. The van der Waals surface area contributed by atoms with Crippen LogP contribution in [0.3, 0.4) is 0 Å². The molecular formula is C17H23N3. The van der Waals surface area contributed by atoms with Gasteiger partial charge in [-0.15, -0.1) is 0 Å². The van der Waals surface area contributed by atoms with Crippen molar-refractivity contribution in [2.75, 3.05) is 5.73 Å². The topological polar surface area (TPSA) is 43.8 Å². The van der Waals surface area contributed by atoms with Crippen molar-refractivity contribution in [3.8, 4) is 11.1 Å². The van der Waals surface area contributed by atoms with Gasteiger partial charge in [-0.05, 0) is 35.8 Å². The monoisotopic (exact) mass is 269 g/mol. The van der Waals surface area contributed by atoms with Gasteiger partial charge in [0.1, 0.15) is 5.82 Å². The van der Waals surface area contributed by atoms with Gasteiger partial charge in [0.25, 0.3) is 0 Å². The average Bonchev–Trinajstić information content (AvgIpc) is 2.80. The summed E-state index contributed by atoms with van der Waals surface area (Å²) in [6, 6.07) is 8.84. The van der Waals surface area contributed by atoms with Crippen LogP contribution in [0.15, 0.2) is 30.5 Å². The van der Waals surface area contributed by atoms with Gasteiger partial charge >= 0.3 is 0 Å². The first kappa shape index (κ1) is 13.2. The maximum Gasteiger partial charge on any atom is 0.129 e. The molecule has 1 heterocycles. The molecule has 3 rings (SSSR count). The Bertz CT molecular complexity index is 592. The van der Waals surface area contributed by atoms with Gasteiger partial charge in [-0.2, -0.15) is 5.10 Å². The number of benzene rings is 1. The molecule has 0 spiro atoms. The molecule has 0 atom stereocenters. The lowest BCUT2D eigenvalue weighted by Gasteiger charge is -2.26. The van der Waals surface area contributed by atoms with Crippen molar-refractivity contribution in [1.82, 2.24) is 9.78 Å². The molecule has 3 heteroatoms. The van der Waals surface area contributed by atoms with Crippen molar-refractivity contribution in [3.63, 3.8) is 0 Å². The van der Waals surface area contributed by atoms with Crippen molar-refractivity contribution >= 4 is 5.82 Å². The molecule has 1 saturated carbocycles. The maximum atomic E-state index is 6.08. The number of rotatable bonds is 2. The summed E-state index contributed by atoms with van der Waals surface area (Å²) in [5.74, 6) is 2.34. The number of anilines is 1. The van der Waals surface area contributed by atoms with E-state index in [-0.39, 0.29) is 0 Å². The van der Waals surface area contributed by atoms with Crippen LogP contribution in [0.2, 0.25) is 0 Å². The second-order valence-corrected chi connectivity index (χ2v) is 6.15. The highest BCUT2D eigenvalue weighted by molar-refractivity contribution is 5.73. The highest BCUT2D eigenvalue weighted by Gasteiger charge is 2.20. The summed E-state index contributed by atoms with van der Waals surface area (Å²) in [7, 11) is 1.88. The highest BCUT2D eigenvalue weighted by atomic mass is 15.3. The standard InChI is InChI=1S/C17H23N3/c1-12-6-8-13(9-7-12)14-4-3-5-15(10-14)16-11-19-20(2)17(16)18/h3-5,10-13H,6-9,18H2,1-2H3. The predicted octanol–water partition coefficient (Wildman–Crippen LogP) is 3.96. The van der Waals surface area contributed by atoms with Crippen LogP contribution in [0.5, 0.6) is 0 Å². The zero-order valence-electron chi connectivity index (χ0n) is 12.3. The molecule has 0 unspecified atom stereocenters. The van der Waals surface area contributed by atoms with Gasteiger partial charge in [0.2, 0.25) is 0 Å². The van der Waals surface area contributed by atoms with Crippen LogP contribution in [0.25, 0.3) is 11.1 Å². The Labute approximate surface area is 120 Å². The number of hydrogen-bond acceptors (Lipinski definition) is 2. The molecule has 1 aliphatic rings. The van der Waals surface area contributed by atoms with Crippen molar-refractivity contribution < 1.29 is 0 Å². The highest BCUT2D eigenvalue weighted by Crippen LogP contribution is 2.37. The van der Waals surface area contributed by atoms with Crippen LogP contribution >= 0.6 is 0 Å². The first-order valence-corrected chi connectivity index (χ1v) is 7.53. The smallest absolute Gasteiger partial charge is 0.129 e. The van der Waals surface area contributed by atoms with E-state index in [4.69, 9.17) is 5.73 Å². The van der Waals surface area contributed by atoms with Crippen LogP contribution in [0, 0.1) is 5.92 Å². The number of nitrogen functional groups attached to an aromatic ring is 1. The van der Waals surface area contributed by atoms with E-state index < -0.39 is 0 Å². The maximum absolute atomic E-state index is 6.08. The van der Waals surface area contributed by atoms with Gasteiger partial charge in [-0.1, -0.05) is 44.0 Å². The third-order valence-corrected chi connectivity index (χ3v) is 4.67. The first-order valence-electron chi connectivity index (χ1n) is 7.53. The van der Waals surface area contributed by atoms with E-state index in [1.165, 1.54) is 36.8 Å². The average molecular weight is 269 g/mol. The summed E-state index contributed by atoms with van der Waals surface area (Å²) in [4.78, 5) is 0. The summed E-state index contributed by atoms with van der Waals surface area (Å²) in [6.45, 7) is 2.36. The van der Waals surface area contributed by atoms with Crippen LogP contribution in [0.4, 0.5) is 5.82 Å². The summed E-state index contributed by atoms with van der Waals surface area (Å²) in [6.07, 6.45) is 7.19. The van der Waals surface area contributed by atoms with E-state index in [9.17, 15) is 0 Å². The number of nitrogens with zero attached hydrogens (tertiary/aromatic N) is 2. The largest absolute Gasteiger partial charge is 0.383 e. The van der Waals surface area contributed by atoms with E-state index in [0.717, 1.165) is 17.3 Å². The molecule has 0 amide bonds. The fourth-order valence-electron chi connectivity index (χ4n) is 3.22. The minimum atomic E-state index is 0.712. The number of aryl methyl sites for hydroxylation is 1. The van der Waals surface area contributed by atoms with E-state index in [2.05, 4.69) is 36.3 Å². The summed E-state index contributed by atoms with van der Waals surface area (Å²) in [5.41, 5.74) is 9.77. The number of nitrogens with two attached hydrogens (primary N) is 1. The molecule has 106 valence electrons. The van der Waals surface area contributed by atoms with Crippen molar-refractivity contribution in [2.45, 2.75) is 38.5 Å². The van der Waals surface area contributed by atoms with Crippen molar-refractivity contribution in [1.29, 1.82) is 0 Å². The SMILES string of the molecule is CC1CCC(c2cccc(-c3cnn(C)c3N)c2)CC1. The first-order chi connectivity index (χ1) is 9.65. The normalized spacial score (nSPS) is 22.9. The third-order valence-electron chi connectivity index (χ3n) is 4.67. The Morgan fingerprint density at radius 3 is 2.60 bits per heavy atom. The molecule has 2 aromatic rings. The van der Waals surface area contributed by atoms with Crippen molar-refractivity contribution in [2.24, 2.45) is 13.0 Å². The summed E-state index contributed by atoms with van der Waals surface area (Å²) >= 11 is 0. The molecule has 0 saturated heterocycles. The van der Waals surface area contributed by atoms with E-state index >= 15 is 0 Å². The Kier molecular flexibility index (Phi) is 3.51. The van der Waals surface area contributed by atoms with Gasteiger partial charge in [0.05, 0.1) is 6.20 Å². The predicted molar refractivity (Wildman–Crippen MR) is 83.4 cm³/mol. The molecule has 1 aliphatic carbocycles. The fraction of sp³-hybridized carbons (Fsp3) is 0.471. The molecule has 1 aromatic carbocycles. The zero-order valence-corrected chi connectivity index (χ0v) is 12.3. The molecule has 1 fully saturated rings. The van der Waals surface area contributed by atoms with Gasteiger partial charge in [0.15, 0.2) is 0 Å². The molecular weight excluding hydrogens is 246 g/mol. The molecule has 2 N–H and O–H groups in total. The lowest BCUT2D eigenvalue weighted by Crippen LogP contribution is -2.10. The van der Waals surface area contributed by atoms with Crippen LogP contribution in [-0.4, -0.2) is 9.78 Å². The van der Waals surface area contributed by atoms with Gasteiger partial charge in [-0.25, -0.2) is 0 Å². The summed E-state index contributed by atoms with van der Waals surface area (Å²) in [5, 5.41) is 4.24. The van der Waals surface area contributed by atoms with Gasteiger partial charge in [-0.3, -0.25) is 4.68 Å².